The van der Waals surface area contributed by atoms with Crippen LogP contribution in [0, 0.1) is 0 Å². The summed E-state index contributed by atoms with van der Waals surface area (Å²) in [6, 6.07) is 29.6. The van der Waals surface area contributed by atoms with Crippen LogP contribution in [0.2, 0.25) is 0 Å². The second-order valence-electron chi connectivity index (χ2n) is 15.5. The molecule has 0 spiro atoms. The maximum atomic E-state index is 12.4. The first kappa shape index (κ1) is 58.7. The zero-order valence-electron chi connectivity index (χ0n) is 41.1. The highest BCUT2D eigenvalue weighted by Crippen LogP contribution is 2.33. The summed E-state index contributed by atoms with van der Waals surface area (Å²) in [5, 5.41) is 0. The Morgan fingerprint density at radius 2 is 0.691 bits per heavy atom. The molecule has 10 aromatic rings. The van der Waals surface area contributed by atoms with Gasteiger partial charge in [-0.1, -0.05) is 24.3 Å². The number of halogens is 6. The number of nitrogen functional groups attached to an aromatic ring is 3. The smallest absolute Gasteiger partial charge is 0.416 e. The molecule has 0 atom stereocenters. The molecular weight excluding hydrogens is 1080 g/mol. The zero-order chi connectivity index (χ0) is 58.4. The molecule has 11 N–H and O–H groups in total. The summed E-state index contributed by atoms with van der Waals surface area (Å²) < 4.78 is 101. The minimum atomic E-state index is -4.43. The molecule has 0 saturated carbocycles. The number of hydrogen-bond acceptors (Lipinski definition) is 18. The van der Waals surface area contributed by atoms with Crippen molar-refractivity contribution in [3.63, 3.8) is 0 Å². The summed E-state index contributed by atoms with van der Waals surface area (Å²) in [6.07, 6.45) is 4.35. The maximum absolute atomic E-state index is 12.4. The first-order valence-corrected chi connectivity index (χ1v) is 22.7. The highest BCUT2D eigenvalue weighted by Gasteiger charge is 2.31. The van der Waals surface area contributed by atoms with Crippen molar-refractivity contribution in [2.75, 3.05) is 17.2 Å². The van der Waals surface area contributed by atoms with E-state index in [1.165, 1.54) is 80.0 Å². The molecule has 0 aliphatic heterocycles. The van der Waals surface area contributed by atoms with Crippen LogP contribution in [-0.4, -0.2) is 49.8 Å². The van der Waals surface area contributed by atoms with Gasteiger partial charge in [0, 0.05) is 17.4 Å². The SMILES string of the molecule is Nc1ccc(Oc2cnc(=O)[nH]c2)cc1.Nc1cccc(Oc2cnc(=O)[nH]c2)c1.Nc1ccccc1Oc1cnc(=O)[nH]c1.O=c1ncc(Oc2ccc(C(F)(F)F)cc2)c[nH]1.O=c1ncc(Oc2cccc(C(F)(F)F)c2)c[nH]1. The van der Waals surface area contributed by atoms with Crippen molar-refractivity contribution in [3.8, 4) is 57.5 Å². The fourth-order valence-corrected chi connectivity index (χ4v) is 5.73. The van der Waals surface area contributed by atoms with Crippen molar-refractivity contribution >= 4 is 17.1 Å². The zero-order valence-corrected chi connectivity index (χ0v) is 41.1. The number of nitrogens with zero attached hydrogens (tertiary/aromatic N) is 5. The molecule has 0 aliphatic rings. The monoisotopic (exact) mass is 1120 g/mol. The Kier molecular flexibility index (Phi) is 20.3. The van der Waals surface area contributed by atoms with E-state index in [4.69, 9.17) is 40.9 Å². The largest absolute Gasteiger partial charge is 0.454 e. The molecule has 0 radical (unpaired) electrons. The van der Waals surface area contributed by atoms with Gasteiger partial charge in [0.05, 0.1) is 78.8 Å². The number of ether oxygens (including phenoxy) is 5. The molecule has 0 amide bonds. The molecule has 5 aromatic heterocycles. The number of aromatic amines is 5. The number of rotatable bonds is 10. The quantitative estimate of drug-likeness (QED) is 0.0469. The van der Waals surface area contributed by atoms with Crippen LogP contribution in [0.5, 0.6) is 57.5 Å². The number of benzene rings is 5. The molecule has 81 heavy (non-hydrogen) atoms. The molecule has 0 aliphatic carbocycles. The van der Waals surface area contributed by atoms with Gasteiger partial charge in [-0.05, 0) is 91.0 Å². The molecular formula is C52H41F6N13O10. The maximum Gasteiger partial charge on any atom is 0.416 e. The lowest BCUT2D eigenvalue weighted by molar-refractivity contribution is -0.138. The Morgan fingerprint density at radius 1 is 0.333 bits per heavy atom. The predicted molar refractivity (Wildman–Crippen MR) is 280 cm³/mol. The van der Waals surface area contributed by atoms with E-state index in [2.05, 4.69) is 49.8 Å². The van der Waals surface area contributed by atoms with Crippen molar-refractivity contribution in [1.82, 2.24) is 49.8 Å². The van der Waals surface area contributed by atoms with Crippen LogP contribution in [0.4, 0.5) is 43.4 Å². The Bertz CT molecular complexity index is 3830. The molecule has 0 bridgehead atoms. The van der Waals surface area contributed by atoms with E-state index in [1.807, 2.05) is 12.1 Å². The van der Waals surface area contributed by atoms with E-state index in [0.29, 0.717) is 51.6 Å². The van der Waals surface area contributed by atoms with Crippen LogP contribution >= 0.6 is 0 Å². The number of nitrogens with two attached hydrogens (primary N) is 3. The highest BCUT2D eigenvalue weighted by atomic mass is 19.4. The Hall–Kier alpha value is -11.5. The molecule has 10 rings (SSSR count). The molecule has 0 fully saturated rings. The molecule has 23 nitrogen and oxygen atoms in total. The van der Waals surface area contributed by atoms with Crippen LogP contribution in [0.1, 0.15) is 11.1 Å². The Labute approximate surface area is 449 Å². The number of aromatic nitrogens is 10. The first-order chi connectivity index (χ1) is 38.6. The Balaban J connectivity index is 0.000000163. The van der Waals surface area contributed by atoms with Gasteiger partial charge < -0.3 is 65.8 Å². The van der Waals surface area contributed by atoms with E-state index in [9.17, 15) is 50.3 Å². The third-order valence-corrected chi connectivity index (χ3v) is 9.41. The number of nitrogens with one attached hydrogen (secondary N) is 5. The molecule has 416 valence electrons. The summed E-state index contributed by atoms with van der Waals surface area (Å²) in [5.41, 5.74) is 14.7. The minimum absolute atomic E-state index is 0.0127. The lowest BCUT2D eigenvalue weighted by atomic mass is 10.2. The van der Waals surface area contributed by atoms with Crippen LogP contribution in [0.3, 0.4) is 0 Å². The molecule has 29 heteroatoms. The first-order valence-electron chi connectivity index (χ1n) is 22.7. The van der Waals surface area contributed by atoms with Gasteiger partial charge in [-0.25, -0.2) is 24.0 Å². The summed E-state index contributed by atoms with van der Waals surface area (Å²) in [5.74, 6) is 3.75. The lowest BCUT2D eigenvalue weighted by Gasteiger charge is -2.09. The number of hydrogen-bond donors (Lipinski definition) is 8. The number of para-hydroxylation sites is 2. The van der Waals surface area contributed by atoms with Gasteiger partial charge in [-0.2, -0.15) is 51.3 Å². The summed E-state index contributed by atoms with van der Waals surface area (Å²) in [4.78, 5) is 82.6. The lowest BCUT2D eigenvalue weighted by Crippen LogP contribution is -2.08. The molecule has 5 aromatic carbocycles. The van der Waals surface area contributed by atoms with E-state index < -0.39 is 51.9 Å². The standard InChI is InChI=1S/2C11H7F3N2O2.3C10H9N3O2/c12-11(13,14)7-1-3-8(4-2-7)18-9-5-15-10(17)16-6-9;12-11(13,14)7-2-1-3-8(4-7)18-9-5-15-10(17)16-6-9;11-7-1-3-8(4-2-7)15-9-5-12-10(14)13-6-9;11-7-2-1-3-8(4-7)15-9-5-12-10(14)13-6-9;11-8-3-1-2-4-9(8)15-7-5-12-10(14)13-6-7/h2*1-6H,(H,15,16,17);3*1-6H,11H2,(H,12,13,14). The second-order valence-corrected chi connectivity index (χ2v) is 15.5. The summed E-state index contributed by atoms with van der Waals surface area (Å²) in [7, 11) is 0. The van der Waals surface area contributed by atoms with Crippen molar-refractivity contribution in [2.45, 2.75) is 12.4 Å². The van der Waals surface area contributed by atoms with Gasteiger partial charge in [0.25, 0.3) is 0 Å². The fourth-order valence-electron chi connectivity index (χ4n) is 5.73. The van der Waals surface area contributed by atoms with Crippen molar-refractivity contribution in [1.29, 1.82) is 0 Å². The minimum Gasteiger partial charge on any atom is -0.454 e. The average Bonchev–Trinajstić information content (AvgIpc) is 3.44. The van der Waals surface area contributed by atoms with Gasteiger partial charge in [0.15, 0.2) is 28.7 Å². The molecule has 5 heterocycles. The van der Waals surface area contributed by atoms with Gasteiger partial charge in [-0.3, -0.25) is 0 Å². The number of anilines is 3. The van der Waals surface area contributed by atoms with Crippen molar-refractivity contribution < 1.29 is 50.0 Å². The van der Waals surface area contributed by atoms with Crippen molar-refractivity contribution in [2.24, 2.45) is 0 Å². The highest BCUT2D eigenvalue weighted by molar-refractivity contribution is 5.53. The van der Waals surface area contributed by atoms with Crippen LogP contribution in [-0.2, 0) is 12.4 Å². The summed E-state index contributed by atoms with van der Waals surface area (Å²) in [6.45, 7) is 0. The van der Waals surface area contributed by atoms with E-state index in [0.717, 1.165) is 30.5 Å². The van der Waals surface area contributed by atoms with E-state index >= 15 is 0 Å². The van der Waals surface area contributed by atoms with Crippen molar-refractivity contribution in [3.05, 3.63) is 247 Å². The third kappa shape index (κ3) is 20.5. The fraction of sp³-hybridized carbons (Fsp3) is 0.0385. The van der Waals surface area contributed by atoms with Crippen LogP contribution < -0.4 is 69.3 Å². The van der Waals surface area contributed by atoms with E-state index in [-0.39, 0.29) is 23.0 Å². The van der Waals surface area contributed by atoms with Gasteiger partial charge in [0.1, 0.15) is 28.7 Å². The Morgan fingerprint density at radius 3 is 1.06 bits per heavy atom. The number of H-pyrrole nitrogens is 5. The normalized spacial score (nSPS) is 10.5. The van der Waals surface area contributed by atoms with Gasteiger partial charge >= 0.3 is 40.8 Å². The second kappa shape index (κ2) is 28.0. The van der Waals surface area contributed by atoms with E-state index in [1.54, 1.807) is 60.7 Å². The van der Waals surface area contributed by atoms with Gasteiger partial charge in [-0.15, -0.1) is 0 Å². The average molecular weight is 1120 g/mol. The number of alkyl halides is 6. The molecule has 0 saturated heterocycles. The predicted octanol–water partition coefficient (Wildman–Crippen LogP) is 8.60. The van der Waals surface area contributed by atoms with Gasteiger partial charge in [0.2, 0.25) is 0 Å². The van der Waals surface area contributed by atoms with Crippen LogP contribution in [0.15, 0.2) is 207 Å². The van der Waals surface area contributed by atoms with Crippen LogP contribution in [0.25, 0.3) is 0 Å². The topological polar surface area (TPSA) is 353 Å². The molecule has 0 unspecified atom stereocenters. The third-order valence-electron chi connectivity index (χ3n) is 9.41. The summed E-state index contributed by atoms with van der Waals surface area (Å²) >= 11 is 0.